The van der Waals surface area contributed by atoms with Gasteiger partial charge in [0.15, 0.2) is 0 Å². The molecule has 1 aromatic carbocycles. The van der Waals surface area contributed by atoms with Crippen LogP contribution in [0.4, 0.5) is 0 Å². The smallest absolute Gasteiger partial charge is 0.114 e. The van der Waals surface area contributed by atoms with E-state index in [0.29, 0.717) is 6.54 Å². The fourth-order valence-electron chi connectivity index (χ4n) is 1.84. The van der Waals surface area contributed by atoms with E-state index in [1.807, 2.05) is 47.3 Å². The van der Waals surface area contributed by atoms with Crippen LogP contribution < -0.4 is 0 Å². The second-order valence-corrected chi connectivity index (χ2v) is 4.99. The SMILES string of the molecule is Brc1ccccc1-c1cn(Cc2ccncc2)nn1. The van der Waals surface area contributed by atoms with Crippen molar-refractivity contribution in [1.29, 1.82) is 0 Å². The highest BCUT2D eigenvalue weighted by Gasteiger charge is 2.07. The molecule has 2 aromatic heterocycles. The Kier molecular flexibility index (Phi) is 3.37. The summed E-state index contributed by atoms with van der Waals surface area (Å²) >= 11 is 3.52. The van der Waals surface area contributed by atoms with Gasteiger partial charge in [0.1, 0.15) is 5.69 Å². The molecule has 0 saturated heterocycles. The second-order valence-electron chi connectivity index (χ2n) is 4.14. The predicted octanol–water partition coefficient (Wildman–Crippen LogP) is 3.15. The normalized spacial score (nSPS) is 10.6. The fraction of sp³-hybridized carbons (Fsp3) is 0.0714. The Morgan fingerprint density at radius 3 is 2.63 bits per heavy atom. The molecule has 0 fully saturated rings. The molecule has 0 radical (unpaired) electrons. The Bertz CT molecular complexity index is 679. The molecule has 3 rings (SSSR count). The van der Waals surface area contributed by atoms with Crippen molar-refractivity contribution >= 4 is 15.9 Å². The summed E-state index contributed by atoms with van der Waals surface area (Å²) in [6.45, 7) is 0.694. The number of pyridine rings is 1. The molecule has 5 heteroatoms. The van der Waals surface area contributed by atoms with Crippen LogP contribution in [0.15, 0.2) is 59.5 Å². The monoisotopic (exact) mass is 314 g/mol. The molecule has 0 saturated carbocycles. The summed E-state index contributed by atoms with van der Waals surface area (Å²) in [6, 6.07) is 11.9. The van der Waals surface area contributed by atoms with Gasteiger partial charge < -0.3 is 0 Å². The fourth-order valence-corrected chi connectivity index (χ4v) is 2.33. The highest BCUT2D eigenvalue weighted by atomic mass is 79.9. The summed E-state index contributed by atoms with van der Waals surface area (Å²) in [5.74, 6) is 0. The third-order valence-corrected chi connectivity index (χ3v) is 3.47. The number of benzene rings is 1. The van der Waals surface area contributed by atoms with Crippen LogP contribution in [0.5, 0.6) is 0 Å². The van der Waals surface area contributed by atoms with Crippen molar-refractivity contribution in [1.82, 2.24) is 20.0 Å². The van der Waals surface area contributed by atoms with E-state index in [0.717, 1.165) is 21.3 Å². The largest absolute Gasteiger partial charge is 0.265 e. The molecule has 0 unspecified atom stereocenters. The topological polar surface area (TPSA) is 43.6 Å². The highest BCUT2D eigenvalue weighted by Crippen LogP contribution is 2.25. The molecule has 19 heavy (non-hydrogen) atoms. The first kappa shape index (κ1) is 12.0. The van der Waals surface area contributed by atoms with Gasteiger partial charge in [0, 0.05) is 22.4 Å². The Labute approximate surface area is 119 Å². The zero-order valence-corrected chi connectivity index (χ0v) is 11.7. The summed E-state index contributed by atoms with van der Waals surface area (Å²) < 4.78 is 2.84. The van der Waals surface area contributed by atoms with Gasteiger partial charge in [-0.25, -0.2) is 4.68 Å². The van der Waals surface area contributed by atoms with Gasteiger partial charge in [0.05, 0.1) is 12.7 Å². The van der Waals surface area contributed by atoms with E-state index >= 15 is 0 Å². The van der Waals surface area contributed by atoms with E-state index in [2.05, 4.69) is 31.2 Å². The number of aromatic nitrogens is 4. The molecule has 94 valence electrons. The molecule has 0 aliphatic carbocycles. The van der Waals surface area contributed by atoms with E-state index in [1.54, 1.807) is 12.4 Å². The Morgan fingerprint density at radius 2 is 1.84 bits per heavy atom. The number of hydrogen-bond acceptors (Lipinski definition) is 3. The molecular weight excluding hydrogens is 304 g/mol. The molecule has 0 N–H and O–H groups in total. The Balaban J connectivity index is 1.86. The third kappa shape index (κ3) is 2.71. The quantitative estimate of drug-likeness (QED) is 0.746. The van der Waals surface area contributed by atoms with Gasteiger partial charge >= 0.3 is 0 Å². The van der Waals surface area contributed by atoms with Gasteiger partial charge in [-0.05, 0) is 23.8 Å². The van der Waals surface area contributed by atoms with Crippen LogP contribution in [0.1, 0.15) is 5.56 Å². The van der Waals surface area contributed by atoms with Gasteiger partial charge in [-0.2, -0.15) is 0 Å². The van der Waals surface area contributed by atoms with E-state index in [9.17, 15) is 0 Å². The number of nitrogens with zero attached hydrogens (tertiary/aromatic N) is 4. The summed E-state index contributed by atoms with van der Waals surface area (Å²) in [5, 5.41) is 8.37. The van der Waals surface area contributed by atoms with E-state index in [-0.39, 0.29) is 0 Å². The first-order valence-electron chi connectivity index (χ1n) is 5.87. The predicted molar refractivity (Wildman–Crippen MR) is 76.5 cm³/mol. The maximum absolute atomic E-state index is 4.21. The van der Waals surface area contributed by atoms with Gasteiger partial charge in [-0.3, -0.25) is 4.98 Å². The van der Waals surface area contributed by atoms with Crippen molar-refractivity contribution in [2.24, 2.45) is 0 Å². The van der Waals surface area contributed by atoms with E-state index in [1.165, 1.54) is 0 Å². The summed E-state index contributed by atoms with van der Waals surface area (Å²) in [6.07, 6.45) is 5.50. The molecule has 0 aliphatic heterocycles. The van der Waals surface area contributed by atoms with Crippen molar-refractivity contribution in [2.75, 3.05) is 0 Å². The van der Waals surface area contributed by atoms with Gasteiger partial charge in [-0.15, -0.1) is 5.10 Å². The number of hydrogen-bond donors (Lipinski definition) is 0. The number of rotatable bonds is 3. The standard InChI is InChI=1S/C14H11BrN4/c15-13-4-2-1-3-12(13)14-10-19(18-17-14)9-11-5-7-16-8-6-11/h1-8,10H,9H2. The van der Waals surface area contributed by atoms with Crippen molar-refractivity contribution in [3.05, 3.63) is 65.0 Å². The number of halogens is 1. The van der Waals surface area contributed by atoms with Crippen LogP contribution >= 0.6 is 15.9 Å². The molecule has 0 spiro atoms. The van der Waals surface area contributed by atoms with Crippen molar-refractivity contribution in [3.63, 3.8) is 0 Å². The zero-order valence-electron chi connectivity index (χ0n) is 10.1. The lowest BCUT2D eigenvalue weighted by Gasteiger charge is -2.00. The van der Waals surface area contributed by atoms with Gasteiger partial charge in [0.25, 0.3) is 0 Å². The minimum Gasteiger partial charge on any atom is -0.265 e. The van der Waals surface area contributed by atoms with Gasteiger partial charge in [0.2, 0.25) is 0 Å². The molecule has 0 bridgehead atoms. The average Bonchev–Trinajstić information content (AvgIpc) is 2.89. The van der Waals surface area contributed by atoms with Crippen LogP contribution in [0, 0.1) is 0 Å². The third-order valence-electron chi connectivity index (χ3n) is 2.78. The molecule has 2 heterocycles. The van der Waals surface area contributed by atoms with E-state index in [4.69, 9.17) is 0 Å². The first-order chi connectivity index (χ1) is 9.33. The van der Waals surface area contributed by atoms with Crippen molar-refractivity contribution in [2.45, 2.75) is 6.54 Å². The molecule has 0 aliphatic rings. The minimum absolute atomic E-state index is 0.694. The summed E-state index contributed by atoms with van der Waals surface area (Å²) in [4.78, 5) is 4.00. The average molecular weight is 315 g/mol. The van der Waals surface area contributed by atoms with Gasteiger partial charge in [-0.1, -0.05) is 39.3 Å². The van der Waals surface area contributed by atoms with E-state index < -0.39 is 0 Å². The van der Waals surface area contributed by atoms with Crippen LogP contribution in [-0.2, 0) is 6.54 Å². The lowest BCUT2D eigenvalue weighted by Crippen LogP contribution is -2.00. The molecule has 4 nitrogen and oxygen atoms in total. The lowest BCUT2D eigenvalue weighted by molar-refractivity contribution is 0.649. The Hall–Kier alpha value is -2.01. The molecule has 0 amide bonds. The molecular formula is C14H11BrN4. The molecule has 0 atom stereocenters. The summed E-state index contributed by atoms with van der Waals surface area (Å²) in [7, 11) is 0. The molecule has 3 aromatic rings. The summed E-state index contributed by atoms with van der Waals surface area (Å²) in [5.41, 5.74) is 3.06. The van der Waals surface area contributed by atoms with Crippen molar-refractivity contribution < 1.29 is 0 Å². The maximum atomic E-state index is 4.21. The van der Waals surface area contributed by atoms with Crippen molar-refractivity contribution in [3.8, 4) is 11.3 Å². The first-order valence-corrected chi connectivity index (χ1v) is 6.66. The van der Waals surface area contributed by atoms with Crippen LogP contribution in [0.3, 0.4) is 0 Å². The second kappa shape index (κ2) is 5.32. The van der Waals surface area contributed by atoms with Crippen LogP contribution in [-0.4, -0.2) is 20.0 Å². The van der Waals surface area contributed by atoms with Crippen LogP contribution in [0.2, 0.25) is 0 Å². The maximum Gasteiger partial charge on any atom is 0.114 e. The zero-order chi connectivity index (χ0) is 13.1. The Morgan fingerprint density at radius 1 is 1.05 bits per heavy atom. The van der Waals surface area contributed by atoms with Crippen LogP contribution in [0.25, 0.3) is 11.3 Å². The lowest BCUT2D eigenvalue weighted by atomic mass is 10.2. The minimum atomic E-state index is 0.694. The highest BCUT2D eigenvalue weighted by molar-refractivity contribution is 9.10.